The van der Waals surface area contributed by atoms with E-state index >= 15 is 0 Å². The van der Waals surface area contributed by atoms with Gasteiger partial charge in [-0.15, -0.1) is 0 Å². The summed E-state index contributed by atoms with van der Waals surface area (Å²) in [5.74, 6) is -0.726. The molecule has 24 heavy (non-hydrogen) atoms. The van der Waals surface area contributed by atoms with Gasteiger partial charge in [-0.05, 0) is 38.3 Å². The van der Waals surface area contributed by atoms with Gasteiger partial charge in [-0.3, -0.25) is 10.1 Å². The minimum atomic E-state index is -0.726. The van der Waals surface area contributed by atoms with Gasteiger partial charge in [-0.1, -0.05) is 0 Å². The molecule has 0 radical (unpaired) electrons. The SMILES string of the molecule is CCOC(=O)/C(C#N)=C/c1cc([N+](=O)[O-])ccc1N1CCCCC1. The summed E-state index contributed by atoms with van der Waals surface area (Å²) in [6, 6.07) is 6.32. The van der Waals surface area contributed by atoms with Gasteiger partial charge in [0.15, 0.2) is 0 Å². The fourth-order valence-electron chi connectivity index (χ4n) is 2.70. The van der Waals surface area contributed by atoms with Crippen molar-refractivity contribution in [1.82, 2.24) is 0 Å². The van der Waals surface area contributed by atoms with Crippen molar-refractivity contribution >= 4 is 23.4 Å². The van der Waals surface area contributed by atoms with E-state index in [0.717, 1.165) is 38.0 Å². The zero-order valence-corrected chi connectivity index (χ0v) is 13.5. The Balaban J connectivity index is 2.47. The maximum Gasteiger partial charge on any atom is 0.348 e. The second kappa shape index (κ2) is 8.11. The molecule has 7 heteroatoms. The number of nitro groups is 1. The first-order chi connectivity index (χ1) is 11.6. The summed E-state index contributed by atoms with van der Waals surface area (Å²) >= 11 is 0. The van der Waals surface area contributed by atoms with E-state index in [1.165, 1.54) is 18.2 Å². The van der Waals surface area contributed by atoms with Crippen molar-refractivity contribution in [3.05, 3.63) is 39.4 Å². The molecule has 1 aliphatic heterocycles. The van der Waals surface area contributed by atoms with E-state index in [1.807, 2.05) is 6.07 Å². The minimum Gasteiger partial charge on any atom is -0.462 e. The van der Waals surface area contributed by atoms with Crippen molar-refractivity contribution in [1.29, 1.82) is 5.26 Å². The number of nitrogens with zero attached hydrogens (tertiary/aromatic N) is 3. The van der Waals surface area contributed by atoms with Crippen molar-refractivity contribution in [3.63, 3.8) is 0 Å². The number of hydrogen-bond acceptors (Lipinski definition) is 6. The van der Waals surface area contributed by atoms with Crippen LogP contribution in [-0.4, -0.2) is 30.6 Å². The maximum absolute atomic E-state index is 11.8. The predicted octanol–water partition coefficient (Wildman–Crippen LogP) is 3.06. The molecule has 126 valence electrons. The fraction of sp³-hybridized carbons (Fsp3) is 0.412. The largest absolute Gasteiger partial charge is 0.462 e. The third-order valence-electron chi connectivity index (χ3n) is 3.83. The summed E-state index contributed by atoms with van der Waals surface area (Å²) in [6.45, 7) is 3.51. The number of esters is 1. The number of hydrogen-bond donors (Lipinski definition) is 0. The van der Waals surface area contributed by atoms with E-state index in [4.69, 9.17) is 4.74 Å². The van der Waals surface area contributed by atoms with E-state index in [-0.39, 0.29) is 17.9 Å². The Bertz CT molecular complexity index is 700. The van der Waals surface area contributed by atoms with Crippen molar-refractivity contribution in [2.45, 2.75) is 26.2 Å². The number of benzene rings is 1. The Labute approximate surface area is 140 Å². The van der Waals surface area contributed by atoms with Crippen LogP contribution in [0.4, 0.5) is 11.4 Å². The Hall–Kier alpha value is -2.88. The molecule has 1 aromatic carbocycles. The number of ether oxygens (including phenoxy) is 1. The number of anilines is 1. The van der Waals surface area contributed by atoms with Gasteiger partial charge >= 0.3 is 5.97 Å². The summed E-state index contributed by atoms with van der Waals surface area (Å²) < 4.78 is 4.85. The van der Waals surface area contributed by atoms with Crippen LogP contribution in [0.5, 0.6) is 0 Å². The lowest BCUT2D eigenvalue weighted by Crippen LogP contribution is -2.30. The molecule has 1 heterocycles. The topological polar surface area (TPSA) is 96.5 Å². The van der Waals surface area contributed by atoms with Crippen molar-refractivity contribution < 1.29 is 14.5 Å². The molecule has 0 amide bonds. The highest BCUT2D eigenvalue weighted by atomic mass is 16.6. The lowest BCUT2D eigenvalue weighted by Gasteiger charge is -2.30. The van der Waals surface area contributed by atoms with Gasteiger partial charge in [0, 0.05) is 36.5 Å². The van der Waals surface area contributed by atoms with E-state index in [0.29, 0.717) is 5.56 Å². The average Bonchev–Trinajstić information content (AvgIpc) is 2.60. The maximum atomic E-state index is 11.8. The molecule has 0 spiro atoms. The van der Waals surface area contributed by atoms with Crippen LogP contribution in [0.3, 0.4) is 0 Å². The van der Waals surface area contributed by atoms with Crippen LogP contribution in [-0.2, 0) is 9.53 Å². The van der Waals surface area contributed by atoms with Crippen LogP contribution in [0.1, 0.15) is 31.7 Å². The Kier molecular flexibility index (Phi) is 5.90. The molecule has 2 rings (SSSR count). The molecule has 7 nitrogen and oxygen atoms in total. The number of rotatable bonds is 5. The molecule has 0 atom stereocenters. The monoisotopic (exact) mass is 329 g/mol. The summed E-state index contributed by atoms with van der Waals surface area (Å²) in [5, 5.41) is 20.2. The zero-order valence-electron chi connectivity index (χ0n) is 13.5. The van der Waals surface area contributed by atoms with Crippen LogP contribution in [0.15, 0.2) is 23.8 Å². The van der Waals surface area contributed by atoms with Crippen molar-refractivity contribution in [2.24, 2.45) is 0 Å². The molecule has 1 aliphatic rings. The van der Waals surface area contributed by atoms with Crippen LogP contribution >= 0.6 is 0 Å². The molecule has 1 aromatic rings. The molecular formula is C17H19N3O4. The molecule has 0 saturated carbocycles. The quantitative estimate of drug-likeness (QED) is 0.271. The van der Waals surface area contributed by atoms with Crippen LogP contribution in [0.2, 0.25) is 0 Å². The Morgan fingerprint density at radius 3 is 2.71 bits per heavy atom. The first-order valence-corrected chi connectivity index (χ1v) is 7.89. The summed E-state index contributed by atoms with van der Waals surface area (Å²) in [7, 11) is 0. The molecule has 0 aliphatic carbocycles. The van der Waals surface area contributed by atoms with Gasteiger partial charge in [0.05, 0.1) is 11.5 Å². The lowest BCUT2D eigenvalue weighted by molar-refractivity contribution is -0.384. The van der Waals surface area contributed by atoms with Crippen LogP contribution < -0.4 is 4.90 Å². The number of nitro benzene ring substituents is 1. The number of non-ortho nitro benzene ring substituents is 1. The highest BCUT2D eigenvalue weighted by molar-refractivity contribution is 5.98. The number of carbonyl (C=O) groups is 1. The molecule has 0 unspecified atom stereocenters. The average molecular weight is 329 g/mol. The molecule has 0 bridgehead atoms. The van der Waals surface area contributed by atoms with Crippen LogP contribution in [0.25, 0.3) is 6.08 Å². The van der Waals surface area contributed by atoms with Gasteiger partial charge in [-0.25, -0.2) is 4.79 Å². The molecule has 0 aromatic heterocycles. The zero-order chi connectivity index (χ0) is 17.5. The highest BCUT2D eigenvalue weighted by Gasteiger charge is 2.19. The third kappa shape index (κ3) is 4.10. The van der Waals surface area contributed by atoms with Gasteiger partial charge in [-0.2, -0.15) is 5.26 Å². The van der Waals surface area contributed by atoms with Gasteiger partial charge < -0.3 is 9.64 Å². The Morgan fingerprint density at radius 1 is 1.42 bits per heavy atom. The predicted molar refractivity (Wildman–Crippen MR) is 89.4 cm³/mol. The standard InChI is InChI=1S/C17H19N3O4/c1-2-24-17(21)14(12-18)10-13-11-15(20(22)23)6-7-16(13)19-8-4-3-5-9-19/h6-7,10-11H,2-5,8-9H2,1H3/b14-10+. The molecular weight excluding hydrogens is 310 g/mol. The summed E-state index contributed by atoms with van der Waals surface area (Å²) in [6.07, 6.45) is 4.61. The van der Waals surface area contributed by atoms with E-state index < -0.39 is 10.9 Å². The van der Waals surface area contributed by atoms with E-state index in [9.17, 15) is 20.2 Å². The van der Waals surface area contributed by atoms with Crippen LogP contribution in [0, 0.1) is 21.4 Å². The molecule has 1 saturated heterocycles. The summed E-state index contributed by atoms with van der Waals surface area (Å²) in [5.41, 5.74) is 1.02. The van der Waals surface area contributed by atoms with Crippen molar-refractivity contribution in [2.75, 3.05) is 24.6 Å². The minimum absolute atomic E-state index is 0.0804. The second-order valence-corrected chi connectivity index (χ2v) is 5.44. The first kappa shape index (κ1) is 17.5. The third-order valence-corrected chi connectivity index (χ3v) is 3.83. The smallest absolute Gasteiger partial charge is 0.348 e. The molecule has 0 N–H and O–H groups in total. The number of carbonyl (C=O) groups excluding carboxylic acids is 1. The van der Waals surface area contributed by atoms with Gasteiger partial charge in [0.1, 0.15) is 11.6 Å². The van der Waals surface area contributed by atoms with Gasteiger partial charge in [0.2, 0.25) is 0 Å². The van der Waals surface area contributed by atoms with Crippen molar-refractivity contribution in [3.8, 4) is 6.07 Å². The van der Waals surface area contributed by atoms with Gasteiger partial charge in [0.25, 0.3) is 5.69 Å². The highest BCUT2D eigenvalue weighted by Crippen LogP contribution is 2.29. The fourth-order valence-corrected chi connectivity index (χ4v) is 2.70. The lowest BCUT2D eigenvalue weighted by atomic mass is 10.0. The first-order valence-electron chi connectivity index (χ1n) is 7.89. The number of nitriles is 1. The number of piperidine rings is 1. The van der Waals surface area contributed by atoms with E-state index in [2.05, 4.69) is 4.90 Å². The summed E-state index contributed by atoms with van der Waals surface area (Å²) in [4.78, 5) is 24.5. The Morgan fingerprint density at radius 2 is 2.12 bits per heavy atom. The second-order valence-electron chi connectivity index (χ2n) is 5.44. The molecule has 1 fully saturated rings. The van der Waals surface area contributed by atoms with E-state index in [1.54, 1.807) is 13.0 Å². The normalized spacial score (nSPS) is 14.8.